The van der Waals surface area contributed by atoms with Crippen LogP contribution < -0.4 is 0 Å². The highest BCUT2D eigenvalue weighted by Gasteiger charge is 2.53. The van der Waals surface area contributed by atoms with E-state index in [9.17, 15) is 5.11 Å². The third kappa shape index (κ3) is 3.92. The lowest BCUT2D eigenvalue weighted by molar-refractivity contribution is -0.249. The fraction of sp³-hybridized carbons (Fsp3) is 0.429. The van der Waals surface area contributed by atoms with E-state index < -0.39 is 5.79 Å². The zero-order valence-corrected chi connectivity index (χ0v) is 19.2. The minimum atomic E-state index is -1.13. The average molecular weight is 431 g/mol. The Kier molecular flexibility index (Phi) is 5.93. The first-order chi connectivity index (χ1) is 15.6. The lowest BCUT2D eigenvalue weighted by Crippen LogP contribution is -2.58. The summed E-state index contributed by atoms with van der Waals surface area (Å²) >= 11 is 0. The van der Waals surface area contributed by atoms with Crippen LogP contribution >= 0.6 is 0 Å². The smallest absolute Gasteiger partial charge is 0.214 e. The molecule has 1 saturated heterocycles. The van der Waals surface area contributed by atoms with Crippen molar-refractivity contribution in [1.29, 1.82) is 0 Å². The Morgan fingerprint density at radius 3 is 2.34 bits per heavy atom. The van der Waals surface area contributed by atoms with Gasteiger partial charge in [0.05, 0.1) is 0 Å². The van der Waals surface area contributed by atoms with Gasteiger partial charge in [-0.1, -0.05) is 74.5 Å². The molecule has 4 heteroatoms. The number of aliphatic hydroxyl groups is 1. The number of likely N-dealkylation sites (tertiary alicyclic amines) is 1. The summed E-state index contributed by atoms with van der Waals surface area (Å²) in [5, 5.41) is 11.9. The maximum Gasteiger partial charge on any atom is 0.214 e. The predicted molar refractivity (Wildman–Crippen MR) is 129 cm³/mol. The van der Waals surface area contributed by atoms with Crippen molar-refractivity contribution in [3.05, 3.63) is 88.7 Å². The molecular formula is C28H34N2O2. The number of hydrogen-bond acceptors (Lipinski definition) is 4. The second-order valence-electron chi connectivity index (χ2n) is 9.32. The van der Waals surface area contributed by atoms with E-state index >= 15 is 0 Å². The summed E-state index contributed by atoms with van der Waals surface area (Å²) in [7, 11) is 0. The summed E-state index contributed by atoms with van der Waals surface area (Å²) in [6, 6.07) is 21.2. The molecule has 0 aromatic heterocycles. The fourth-order valence-electron chi connectivity index (χ4n) is 5.65. The van der Waals surface area contributed by atoms with Gasteiger partial charge in [-0.25, -0.2) is 0 Å². The Labute approximate surface area is 191 Å². The van der Waals surface area contributed by atoms with Crippen LogP contribution in [0.5, 0.6) is 0 Å². The number of benzene rings is 2. The van der Waals surface area contributed by atoms with Crippen LogP contribution in [0, 0.1) is 5.92 Å². The predicted octanol–water partition coefficient (Wildman–Crippen LogP) is 4.50. The third-order valence-corrected chi connectivity index (χ3v) is 7.44. The number of fused-ring (bicyclic) bond motifs is 1. The van der Waals surface area contributed by atoms with Crippen molar-refractivity contribution in [3.63, 3.8) is 0 Å². The van der Waals surface area contributed by atoms with Gasteiger partial charge in [-0.2, -0.15) is 0 Å². The van der Waals surface area contributed by atoms with Crippen LogP contribution in [0.4, 0.5) is 0 Å². The number of hydrogen-bond donors (Lipinski definition) is 1. The first-order valence-electron chi connectivity index (χ1n) is 12.0. The van der Waals surface area contributed by atoms with Crippen molar-refractivity contribution in [1.82, 2.24) is 9.80 Å². The van der Waals surface area contributed by atoms with E-state index in [1.807, 2.05) is 6.07 Å². The monoisotopic (exact) mass is 430 g/mol. The molecule has 1 N–H and O–H groups in total. The normalized spacial score (nSPS) is 30.0. The quantitative estimate of drug-likeness (QED) is 0.775. The van der Waals surface area contributed by atoms with Gasteiger partial charge < -0.3 is 14.7 Å². The lowest BCUT2D eigenvalue weighted by Gasteiger charge is -2.53. The molecule has 32 heavy (non-hydrogen) atoms. The summed E-state index contributed by atoms with van der Waals surface area (Å²) in [5.41, 5.74) is 4.94. The molecule has 0 unspecified atom stereocenters. The van der Waals surface area contributed by atoms with E-state index in [-0.39, 0.29) is 11.8 Å². The molecule has 2 aromatic carbocycles. The van der Waals surface area contributed by atoms with Crippen LogP contribution in [0.3, 0.4) is 0 Å². The number of ether oxygens (including phenoxy) is 1. The zero-order valence-electron chi connectivity index (χ0n) is 19.2. The van der Waals surface area contributed by atoms with Gasteiger partial charge in [0.2, 0.25) is 5.79 Å². The van der Waals surface area contributed by atoms with E-state index in [1.54, 1.807) is 0 Å². The van der Waals surface area contributed by atoms with Crippen molar-refractivity contribution in [2.24, 2.45) is 5.92 Å². The molecule has 3 aliphatic rings. The molecule has 168 valence electrons. The number of likely N-dealkylation sites (N-methyl/N-ethyl adjacent to an activating group) is 1. The highest BCUT2D eigenvalue weighted by atomic mass is 16.6. The first kappa shape index (κ1) is 21.4. The molecule has 5 rings (SSSR count). The van der Waals surface area contributed by atoms with Gasteiger partial charge in [0, 0.05) is 50.0 Å². The van der Waals surface area contributed by atoms with Crippen LogP contribution in [0.2, 0.25) is 0 Å². The van der Waals surface area contributed by atoms with Crippen molar-refractivity contribution in [2.45, 2.75) is 32.0 Å². The van der Waals surface area contributed by atoms with Crippen LogP contribution in [0.25, 0.3) is 6.08 Å². The largest absolute Gasteiger partial charge is 0.462 e. The van der Waals surface area contributed by atoms with Crippen molar-refractivity contribution in [3.8, 4) is 0 Å². The molecule has 0 amide bonds. The Morgan fingerprint density at radius 1 is 0.969 bits per heavy atom. The lowest BCUT2D eigenvalue weighted by atomic mass is 9.70. The number of piperidine rings is 1. The molecule has 0 aliphatic carbocycles. The van der Waals surface area contributed by atoms with E-state index in [0.717, 1.165) is 45.0 Å². The van der Waals surface area contributed by atoms with Crippen LogP contribution in [0.1, 0.15) is 37.3 Å². The van der Waals surface area contributed by atoms with Crippen molar-refractivity contribution >= 4 is 6.08 Å². The molecule has 3 aliphatic heterocycles. The van der Waals surface area contributed by atoms with E-state index in [1.165, 1.54) is 22.3 Å². The second-order valence-corrected chi connectivity index (χ2v) is 9.32. The van der Waals surface area contributed by atoms with Gasteiger partial charge in [0.15, 0.2) is 0 Å². The van der Waals surface area contributed by atoms with Crippen LogP contribution in [0.15, 0.2) is 77.6 Å². The Morgan fingerprint density at radius 2 is 1.66 bits per heavy atom. The average Bonchev–Trinajstić information content (AvgIpc) is 2.83. The fourth-order valence-corrected chi connectivity index (χ4v) is 5.65. The van der Waals surface area contributed by atoms with Gasteiger partial charge in [0.25, 0.3) is 0 Å². The van der Waals surface area contributed by atoms with Gasteiger partial charge >= 0.3 is 0 Å². The Balaban J connectivity index is 1.66. The minimum Gasteiger partial charge on any atom is -0.462 e. The van der Waals surface area contributed by atoms with E-state index in [0.29, 0.717) is 6.42 Å². The van der Waals surface area contributed by atoms with E-state index in [2.05, 4.69) is 84.3 Å². The van der Waals surface area contributed by atoms with Gasteiger partial charge in [-0.05, 0) is 35.9 Å². The SMILES string of the molecule is CCN1CC2=C(O[C@]3(O)CCN(CC)C[C@@H]3[C@@H]2c2ccccc2)/C(=C/c2ccccc2)C1. The molecule has 0 spiro atoms. The standard InChI is InChI=1S/C28H34N2O2/c1-3-29-16-15-28(31)25(20-29)26(22-13-9-6-10-14-22)24-19-30(4-2)18-23(27(24)32-28)17-21-11-7-5-8-12-21/h5-14,17,25-26,31H,3-4,15-16,18-20H2,1-2H3/b23-17+/t25-,26-,28-/m1/s1. The summed E-state index contributed by atoms with van der Waals surface area (Å²) in [6.45, 7) is 9.86. The molecule has 1 fully saturated rings. The van der Waals surface area contributed by atoms with E-state index in [4.69, 9.17) is 4.74 Å². The maximum absolute atomic E-state index is 11.9. The molecule has 4 nitrogen and oxygen atoms in total. The van der Waals surface area contributed by atoms with Gasteiger partial charge in [-0.3, -0.25) is 4.90 Å². The first-order valence-corrected chi connectivity index (χ1v) is 12.0. The summed E-state index contributed by atoms with van der Waals surface area (Å²) in [6.07, 6.45) is 2.88. The van der Waals surface area contributed by atoms with Crippen LogP contribution in [-0.2, 0) is 4.74 Å². The minimum absolute atomic E-state index is 0.0205. The van der Waals surface area contributed by atoms with Crippen molar-refractivity contribution in [2.75, 3.05) is 39.3 Å². The number of rotatable bonds is 4. The Hall–Kier alpha value is -2.40. The van der Waals surface area contributed by atoms with Gasteiger partial charge in [-0.15, -0.1) is 0 Å². The Bertz CT molecular complexity index is 1000. The molecule has 0 radical (unpaired) electrons. The maximum atomic E-state index is 11.9. The highest BCUT2D eigenvalue weighted by Crippen LogP contribution is 2.51. The number of nitrogens with zero attached hydrogens (tertiary/aromatic N) is 2. The molecule has 3 heterocycles. The molecule has 2 aromatic rings. The second kappa shape index (κ2) is 8.86. The topological polar surface area (TPSA) is 35.9 Å². The van der Waals surface area contributed by atoms with Crippen molar-refractivity contribution < 1.29 is 9.84 Å². The molecule has 3 atom stereocenters. The highest BCUT2D eigenvalue weighted by molar-refractivity contribution is 5.61. The molecule has 0 bridgehead atoms. The summed E-state index contributed by atoms with van der Waals surface area (Å²) in [4.78, 5) is 4.93. The zero-order chi connectivity index (χ0) is 22.1. The molecule has 0 saturated carbocycles. The summed E-state index contributed by atoms with van der Waals surface area (Å²) in [5.74, 6) is -0.0362. The molecular weight excluding hydrogens is 396 g/mol. The summed E-state index contributed by atoms with van der Waals surface area (Å²) < 4.78 is 6.62. The van der Waals surface area contributed by atoms with Gasteiger partial charge in [0.1, 0.15) is 5.76 Å². The third-order valence-electron chi connectivity index (χ3n) is 7.44. The van der Waals surface area contributed by atoms with Crippen LogP contribution in [-0.4, -0.2) is 60.0 Å².